The van der Waals surface area contributed by atoms with Crippen molar-refractivity contribution in [1.29, 1.82) is 0 Å². The van der Waals surface area contributed by atoms with Crippen molar-refractivity contribution in [3.05, 3.63) is 64.3 Å². The molecule has 0 saturated heterocycles. The fourth-order valence-electron chi connectivity index (χ4n) is 2.59. The van der Waals surface area contributed by atoms with Crippen molar-refractivity contribution in [2.24, 2.45) is 0 Å². The van der Waals surface area contributed by atoms with E-state index in [2.05, 4.69) is 15.6 Å². The molecule has 0 aliphatic carbocycles. The molecule has 5 N–H and O–H groups in total. The molecule has 0 spiro atoms. The smallest absolute Gasteiger partial charge is 0.300 e. The van der Waals surface area contributed by atoms with Gasteiger partial charge in [-0.1, -0.05) is 30.4 Å². The molecule has 0 unspecified atom stereocenters. The summed E-state index contributed by atoms with van der Waals surface area (Å²) in [5, 5.41) is 14.2. The van der Waals surface area contributed by atoms with Gasteiger partial charge in [0.15, 0.2) is 5.13 Å². The average molecular weight is 475 g/mol. The molecule has 0 amide bonds. The van der Waals surface area contributed by atoms with Crippen LogP contribution in [0.3, 0.4) is 0 Å². The molecular weight excluding hydrogens is 447 g/mol. The highest BCUT2D eigenvalue weighted by molar-refractivity contribution is 7.18. The van der Waals surface area contributed by atoms with Crippen molar-refractivity contribution in [2.75, 3.05) is 30.7 Å². The summed E-state index contributed by atoms with van der Waals surface area (Å²) in [5.74, 6) is -0.724. The number of nitrogen functional groups attached to an aromatic ring is 1. The third kappa shape index (κ3) is 8.17. The van der Waals surface area contributed by atoms with Gasteiger partial charge in [0.05, 0.1) is 0 Å². The third-order valence-electron chi connectivity index (χ3n) is 4.20. The van der Waals surface area contributed by atoms with Crippen LogP contribution in [0.1, 0.15) is 34.6 Å². The van der Waals surface area contributed by atoms with Gasteiger partial charge < -0.3 is 26.2 Å². The molecule has 33 heavy (non-hydrogen) atoms. The van der Waals surface area contributed by atoms with Crippen LogP contribution in [0.5, 0.6) is 5.75 Å². The number of aryl methyl sites for hydroxylation is 1. The highest BCUT2D eigenvalue weighted by Crippen LogP contribution is 2.30. The summed E-state index contributed by atoms with van der Waals surface area (Å²) in [6.07, 6.45) is 0. The number of aliphatic carboxylic acids is 1. The fraction of sp³-hybridized carbons (Fsp3) is 0.261. The van der Waals surface area contributed by atoms with Crippen LogP contribution in [0.4, 0.5) is 21.0 Å². The molecule has 0 radical (unpaired) electrons. The summed E-state index contributed by atoms with van der Waals surface area (Å²) in [6.45, 7) is 7.06. The number of hydrogen-bond donors (Lipinski definition) is 4. The average Bonchev–Trinajstić information content (AvgIpc) is 3.13. The Kier molecular flexibility index (Phi) is 9.77. The summed E-state index contributed by atoms with van der Waals surface area (Å²) >= 11 is 1.13. The van der Waals surface area contributed by atoms with E-state index in [-0.39, 0.29) is 22.0 Å². The van der Waals surface area contributed by atoms with Gasteiger partial charge in [-0.2, -0.15) is 0 Å². The number of ether oxygens (including phenoxy) is 1. The van der Waals surface area contributed by atoms with E-state index in [9.17, 15) is 9.18 Å². The van der Waals surface area contributed by atoms with E-state index in [0.717, 1.165) is 42.8 Å². The Morgan fingerprint density at radius 1 is 1.21 bits per heavy atom. The number of aromatic nitrogens is 1. The first-order chi connectivity index (χ1) is 15.7. The van der Waals surface area contributed by atoms with Gasteiger partial charge in [-0.15, -0.1) is 0 Å². The number of benzene rings is 2. The standard InChI is InChI=1S/C21H23FN4O2S.C2H4O2/c1-3-24-10-11-28-16-8-6-15(7-9-16)25-21-26-20(23)19(29-21)18(27)14-5-4-13(2)17(22)12-14;1-2(3)4/h4-9,12,24H,3,10-11,23H2,1-2H3,(H,25,26);1H3,(H,3,4). The normalized spacial score (nSPS) is 10.2. The fourth-order valence-corrected chi connectivity index (χ4v) is 3.46. The number of carbonyl (C=O) groups is 2. The number of carbonyl (C=O) groups excluding carboxylic acids is 1. The van der Waals surface area contributed by atoms with Crippen LogP contribution in [0.25, 0.3) is 0 Å². The number of rotatable bonds is 9. The van der Waals surface area contributed by atoms with Crippen molar-refractivity contribution >= 4 is 39.7 Å². The summed E-state index contributed by atoms with van der Waals surface area (Å²) in [7, 11) is 0. The second-order valence-corrected chi connectivity index (χ2v) is 7.90. The first-order valence-corrected chi connectivity index (χ1v) is 11.0. The minimum atomic E-state index is -0.833. The van der Waals surface area contributed by atoms with Crippen molar-refractivity contribution in [3.63, 3.8) is 0 Å². The lowest BCUT2D eigenvalue weighted by Crippen LogP contribution is -2.20. The first kappa shape index (κ1) is 25.8. The number of nitrogens with zero attached hydrogens (tertiary/aromatic N) is 1. The second-order valence-electron chi connectivity index (χ2n) is 6.90. The van der Waals surface area contributed by atoms with Crippen LogP contribution in [0.2, 0.25) is 0 Å². The minimum absolute atomic E-state index is 0.117. The van der Waals surface area contributed by atoms with Crippen molar-refractivity contribution in [2.45, 2.75) is 20.8 Å². The monoisotopic (exact) mass is 474 g/mol. The molecule has 3 rings (SSSR count). The maximum Gasteiger partial charge on any atom is 0.300 e. The van der Waals surface area contributed by atoms with Crippen LogP contribution in [0.15, 0.2) is 42.5 Å². The molecule has 0 saturated carbocycles. The molecule has 1 heterocycles. The van der Waals surface area contributed by atoms with Crippen molar-refractivity contribution < 1.29 is 23.8 Å². The van der Waals surface area contributed by atoms with E-state index < -0.39 is 11.8 Å². The lowest BCUT2D eigenvalue weighted by molar-refractivity contribution is -0.134. The third-order valence-corrected chi connectivity index (χ3v) is 5.18. The molecule has 176 valence electrons. The van der Waals surface area contributed by atoms with Crippen LogP contribution in [0, 0.1) is 12.7 Å². The molecule has 0 fully saturated rings. The highest BCUT2D eigenvalue weighted by Gasteiger charge is 2.19. The first-order valence-electron chi connectivity index (χ1n) is 10.2. The molecule has 10 heteroatoms. The number of anilines is 3. The topological polar surface area (TPSA) is 127 Å². The zero-order chi connectivity index (χ0) is 24.4. The lowest BCUT2D eigenvalue weighted by atomic mass is 10.1. The lowest BCUT2D eigenvalue weighted by Gasteiger charge is -2.07. The predicted octanol–water partition coefficient (Wildman–Crippen LogP) is 4.23. The van der Waals surface area contributed by atoms with Gasteiger partial charge in [-0.3, -0.25) is 9.59 Å². The van der Waals surface area contributed by atoms with E-state index in [1.807, 2.05) is 31.2 Å². The Balaban J connectivity index is 0.000000890. The number of thiazole rings is 1. The van der Waals surface area contributed by atoms with Crippen LogP contribution < -0.4 is 21.1 Å². The Hall–Kier alpha value is -3.50. The number of nitrogens with two attached hydrogens (primary N) is 1. The maximum atomic E-state index is 13.8. The number of nitrogens with one attached hydrogen (secondary N) is 2. The van der Waals surface area contributed by atoms with Gasteiger partial charge >= 0.3 is 0 Å². The highest BCUT2D eigenvalue weighted by atomic mass is 32.1. The Morgan fingerprint density at radius 3 is 2.48 bits per heavy atom. The summed E-state index contributed by atoms with van der Waals surface area (Å²) < 4.78 is 19.4. The summed E-state index contributed by atoms with van der Waals surface area (Å²) in [5.41, 5.74) is 7.44. The maximum absolute atomic E-state index is 13.8. The van der Waals surface area contributed by atoms with Crippen LogP contribution >= 0.6 is 11.3 Å². The molecule has 3 aromatic rings. The Morgan fingerprint density at radius 2 is 1.88 bits per heavy atom. The number of carboxylic acid groups (broad SMARTS) is 1. The molecule has 0 bridgehead atoms. The largest absolute Gasteiger partial charge is 0.492 e. The summed E-state index contributed by atoms with van der Waals surface area (Å²) in [4.78, 5) is 26.2. The molecule has 8 nitrogen and oxygen atoms in total. The van der Waals surface area contributed by atoms with E-state index in [1.165, 1.54) is 6.07 Å². The number of hydrogen-bond acceptors (Lipinski definition) is 8. The molecular formula is C23H27FN4O4S. The number of carboxylic acids is 1. The minimum Gasteiger partial charge on any atom is -0.492 e. The van der Waals surface area contributed by atoms with Gasteiger partial charge in [0.1, 0.15) is 28.9 Å². The van der Waals surface area contributed by atoms with Crippen LogP contribution in [-0.4, -0.2) is 41.5 Å². The zero-order valence-corrected chi connectivity index (χ0v) is 19.5. The van der Waals surface area contributed by atoms with Gasteiger partial charge in [-0.25, -0.2) is 9.37 Å². The van der Waals surface area contributed by atoms with Crippen molar-refractivity contribution in [3.8, 4) is 5.75 Å². The Bertz CT molecular complexity index is 1080. The van der Waals surface area contributed by atoms with Gasteiger partial charge in [0, 0.05) is 24.7 Å². The second kappa shape index (κ2) is 12.5. The number of ketones is 1. The number of likely N-dealkylation sites (N-methyl/N-ethyl adjacent to an activating group) is 1. The molecule has 0 aliphatic rings. The molecule has 0 aliphatic heterocycles. The molecule has 1 aromatic heterocycles. The van der Waals surface area contributed by atoms with Crippen LogP contribution in [-0.2, 0) is 4.79 Å². The molecule has 0 atom stereocenters. The van der Waals surface area contributed by atoms with Gasteiger partial charge in [0.2, 0.25) is 5.78 Å². The van der Waals surface area contributed by atoms with Gasteiger partial charge in [0.25, 0.3) is 5.97 Å². The molecule has 2 aromatic carbocycles. The van der Waals surface area contributed by atoms with Gasteiger partial charge in [-0.05, 0) is 49.4 Å². The quantitative estimate of drug-likeness (QED) is 0.268. The zero-order valence-electron chi connectivity index (χ0n) is 18.6. The van der Waals surface area contributed by atoms with E-state index in [1.54, 1.807) is 19.1 Å². The predicted molar refractivity (Wildman–Crippen MR) is 128 cm³/mol. The SMILES string of the molecule is CC(=O)O.CCNCCOc1ccc(Nc2nc(N)c(C(=O)c3ccc(C)c(F)c3)s2)cc1. The van der Waals surface area contributed by atoms with E-state index >= 15 is 0 Å². The number of halogens is 1. The summed E-state index contributed by atoms with van der Waals surface area (Å²) in [6, 6.07) is 11.8. The van der Waals surface area contributed by atoms with E-state index in [4.69, 9.17) is 20.4 Å². The van der Waals surface area contributed by atoms with E-state index in [0.29, 0.717) is 17.3 Å². The Labute approximate surface area is 195 Å². The van der Waals surface area contributed by atoms with Crippen molar-refractivity contribution in [1.82, 2.24) is 10.3 Å².